The average Bonchev–Trinajstić information content (AvgIpc) is 3.10. The number of aryl methyl sites for hydroxylation is 1. The van der Waals surface area contributed by atoms with Gasteiger partial charge in [-0.3, -0.25) is 9.69 Å². The molecule has 0 aliphatic carbocycles. The lowest BCUT2D eigenvalue weighted by Crippen LogP contribution is -2.34. The fourth-order valence-corrected chi connectivity index (χ4v) is 3.67. The van der Waals surface area contributed by atoms with Gasteiger partial charge in [-0.1, -0.05) is 59.9 Å². The lowest BCUT2D eigenvalue weighted by Gasteiger charge is -2.19. The van der Waals surface area contributed by atoms with Crippen molar-refractivity contribution in [2.24, 2.45) is 0 Å². The number of thiazole rings is 1. The fraction of sp³-hybridized carbons (Fsp3) is 0.190. The molecule has 0 unspecified atom stereocenters. The third kappa shape index (κ3) is 4.60. The zero-order valence-electron chi connectivity index (χ0n) is 15.2. The maximum absolute atomic E-state index is 12.8. The molecule has 1 heterocycles. The Balaban J connectivity index is 1.89. The van der Waals surface area contributed by atoms with Crippen molar-refractivity contribution in [3.8, 4) is 0 Å². The van der Waals surface area contributed by atoms with Crippen molar-refractivity contribution in [1.82, 2.24) is 4.98 Å². The van der Waals surface area contributed by atoms with Gasteiger partial charge in [-0.05, 0) is 31.0 Å². The largest absolute Gasteiger partial charge is 0.452 e. The van der Waals surface area contributed by atoms with Crippen LogP contribution in [0.5, 0.6) is 0 Å². The van der Waals surface area contributed by atoms with Gasteiger partial charge >= 0.3 is 5.97 Å². The Labute approximate surface area is 161 Å². The van der Waals surface area contributed by atoms with Crippen molar-refractivity contribution in [2.45, 2.75) is 20.4 Å². The monoisotopic (exact) mass is 380 g/mol. The highest BCUT2D eigenvalue weighted by molar-refractivity contribution is 7.22. The Morgan fingerprint density at radius 1 is 1.15 bits per heavy atom. The maximum Gasteiger partial charge on any atom is 0.330 e. The normalized spacial score (nSPS) is 11.0. The minimum absolute atomic E-state index is 0.312. The van der Waals surface area contributed by atoms with Crippen LogP contribution in [0, 0.1) is 6.92 Å². The van der Waals surface area contributed by atoms with Gasteiger partial charge in [0.1, 0.15) is 0 Å². The number of aromatic nitrogens is 1. The SMILES string of the molecule is C/C=C/C(=O)OCC(=O)N(Cc1ccccc1)c1nc2c(C)cccc2s1. The van der Waals surface area contributed by atoms with Gasteiger partial charge < -0.3 is 4.74 Å². The zero-order valence-corrected chi connectivity index (χ0v) is 16.0. The molecule has 0 aliphatic heterocycles. The maximum atomic E-state index is 12.8. The number of rotatable bonds is 6. The predicted molar refractivity (Wildman–Crippen MR) is 108 cm³/mol. The molecular weight excluding hydrogens is 360 g/mol. The molecule has 1 aromatic heterocycles. The average molecular weight is 380 g/mol. The van der Waals surface area contributed by atoms with E-state index in [-0.39, 0.29) is 12.5 Å². The number of nitrogens with zero attached hydrogens (tertiary/aromatic N) is 2. The molecule has 3 rings (SSSR count). The highest BCUT2D eigenvalue weighted by Crippen LogP contribution is 2.31. The van der Waals surface area contributed by atoms with Crippen LogP contribution in [0.1, 0.15) is 18.1 Å². The second kappa shape index (κ2) is 8.60. The van der Waals surface area contributed by atoms with Crippen LogP contribution in [0.15, 0.2) is 60.7 Å². The number of esters is 1. The lowest BCUT2D eigenvalue weighted by molar-refractivity contribution is -0.143. The third-order valence-electron chi connectivity index (χ3n) is 3.97. The van der Waals surface area contributed by atoms with Crippen LogP contribution >= 0.6 is 11.3 Å². The molecule has 2 aromatic carbocycles. The van der Waals surface area contributed by atoms with Gasteiger partial charge in [0.05, 0.1) is 16.8 Å². The topological polar surface area (TPSA) is 59.5 Å². The highest BCUT2D eigenvalue weighted by Gasteiger charge is 2.21. The molecule has 0 radical (unpaired) electrons. The number of para-hydroxylation sites is 1. The smallest absolute Gasteiger partial charge is 0.330 e. The number of ether oxygens (including phenoxy) is 1. The number of allylic oxidation sites excluding steroid dienone is 1. The van der Waals surface area contributed by atoms with Gasteiger partial charge in [0.15, 0.2) is 11.7 Å². The summed E-state index contributed by atoms with van der Waals surface area (Å²) in [6, 6.07) is 15.6. The van der Waals surface area contributed by atoms with Crippen LogP contribution in [0.25, 0.3) is 10.2 Å². The van der Waals surface area contributed by atoms with Gasteiger partial charge in [0.2, 0.25) is 0 Å². The van der Waals surface area contributed by atoms with E-state index in [4.69, 9.17) is 4.74 Å². The number of fused-ring (bicyclic) bond motifs is 1. The van der Waals surface area contributed by atoms with Crippen molar-refractivity contribution in [1.29, 1.82) is 0 Å². The molecule has 138 valence electrons. The summed E-state index contributed by atoms with van der Waals surface area (Å²) in [5.74, 6) is -0.848. The van der Waals surface area contributed by atoms with Gasteiger partial charge in [0, 0.05) is 6.08 Å². The summed E-state index contributed by atoms with van der Waals surface area (Å²) in [6.07, 6.45) is 2.86. The summed E-state index contributed by atoms with van der Waals surface area (Å²) in [7, 11) is 0. The minimum Gasteiger partial charge on any atom is -0.452 e. The summed E-state index contributed by atoms with van der Waals surface area (Å²) in [6.45, 7) is 3.74. The molecule has 0 atom stereocenters. The number of benzene rings is 2. The Kier molecular flexibility index (Phi) is 5.98. The first-order valence-electron chi connectivity index (χ1n) is 8.58. The molecule has 0 N–H and O–H groups in total. The predicted octanol–water partition coefficient (Wildman–Crippen LogP) is 4.26. The van der Waals surface area contributed by atoms with E-state index in [2.05, 4.69) is 4.98 Å². The van der Waals surface area contributed by atoms with Crippen molar-refractivity contribution in [3.05, 3.63) is 71.8 Å². The van der Waals surface area contributed by atoms with E-state index in [1.54, 1.807) is 17.9 Å². The summed E-state index contributed by atoms with van der Waals surface area (Å²) in [5, 5.41) is 0.593. The summed E-state index contributed by atoms with van der Waals surface area (Å²) in [5.41, 5.74) is 2.91. The molecule has 0 spiro atoms. The molecule has 0 saturated heterocycles. The molecule has 0 fully saturated rings. The Bertz CT molecular complexity index is 980. The first kappa shape index (κ1) is 18.8. The molecule has 0 bridgehead atoms. The van der Waals surface area contributed by atoms with E-state index in [9.17, 15) is 9.59 Å². The van der Waals surface area contributed by atoms with Crippen LogP contribution in [-0.4, -0.2) is 23.5 Å². The van der Waals surface area contributed by atoms with Gasteiger partial charge in [-0.2, -0.15) is 0 Å². The zero-order chi connectivity index (χ0) is 19.2. The van der Waals surface area contributed by atoms with E-state index < -0.39 is 5.97 Å². The first-order chi connectivity index (χ1) is 13.1. The van der Waals surface area contributed by atoms with Crippen molar-refractivity contribution in [2.75, 3.05) is 11.5 Å². The summed E-state index contributed by atoms with van der Waals surface area (Å²) in [4.78, 5) is 30.6. The van der Waals surface area contributed by atoms with Crippen LogP contribution in [0.2, 0.25) is 0 Å². The minimum atomic E-state index is -0.536. The third-order valence-corrected chi connectivity index (χ3v) is 5.01. The van der Waals surface area contributed by atoms with Crippen molar-refractivity contribution in [3.63, 3.8) is 0 Å². The summed E-state index contributed by atoms with van der Waals surface area (Å²) < 4.78 is 6.06. The van der Waals surface area contributed by atoms with Crippen LogP contribution < -0.4 is 4.90 Å². The summed E-state index contributed by atoms with van der Waals surface area (Å²) >= 11 is 1.45. The van der Waals surface area contributed by atoms with Gasteiger partial charge in [-0.15, -0.1) is 0 Å². The second-order valence-electron chi connectivity index (χ2n) is 5.99. The molecular formula is C21H20N2O3S. The second-order valence-corrected chi connectivity index (χ2v) is 7.00. The number of anilines is 1. The molecule has 27 heavy (non-hydrogen) atoms. The fourth-order valence-electron chi connectivity index (χ4n) is 2.61. The Morgan fingerprint density at radius 2 is 1.93 bits per heavy atom. The number of carbonyl (C=O) groups excluding carboxylic acids is 2. The molecule has 5 nitrogen and oxygen atoms in total. The van der Waals surface area contributed by atoms with E-state index in [1.807, 2.05) is 55.5 Å². The highest BCUT2D eigenvalue weighted by atomic mass is 32.1. The molecule has 3 aromatic rings. The van der Waals surface area contributed by atoms with Crippen LogP contribution in [0.3, 0.4) is 0 Å². The molecule has 1 amide bonds. The number of amides is 1. The van der Waals surface area contributed by atoms with Crippen molar-refractivity contribution < 1.29 is 14.3 Å². The quantitative estimate of drug-likeness (QED) is 0.474. The van der Waals surface area contributed by atoms with E-state index in [1.165, 1.54) is 17.4 Å². The first-order valence-corrected chi connectivity index (χ1v) is 9.40. The molecule has 0 saturated carbocycles. The van der Waals surface area contributed by atoms with Crippen molar-refractivity contribution >= 4 is 38.6 Å². The van der Waals surface area contributed by atoms with E-state index in [0.717, 1.165) is 21.3 Å². The Morgan fingerprint density at radius 3 is 2.63 bits per heavy atom. The molecule has 0 aliphatic rings. The standard InChI is InChI=1S/C21H20N2O3S/c1-3-8-19(25)26-14-18(24)23(13-16-10-5-4-6-11-16)21-22-20-15(2)9-7-12-17(20)27-21/h3-12H,13-14H2,1-2H3/b8-3+. The molecule has 6 heteroatoms. The van der Waals surface area contributed by atoms with E-state index in [0.29, 0.717) is 11.7 Å². The number of carbonyl (C=O) groups is 2. The van der Waals surface area contributed by atoms with Gasteiger partial charge in [0.25, 0.3) is 5.91 Å². The Hall–Kier alpha value is -2.99. The van der Waals surface area contributed by atoms with Crippen LogP contribution in [-0.2, 0) is 20.9 Å². The van der Waals surface area contributed by atoms with Gasteiger partial charge in [-0.25, -0.2) is 9.78 Å². The lowest BCUT2D eigenvalue weighted by atomic mass is 10.2. The number of hydrogen-bond acceptors (Lipinski definition) is 5. The van der Waals surface area contributed by atoms with Crippen LogP contribution in [0.4, 0.5) is 5.13 Å². The number of hydrogen-bond donors (Lipinski definition) is 0. The van der Waals surface area contributed by atoms with E-state index >= 15 is 0 Å².